The topological polar surface area (TPSA) is 60.9 Å². The Balaban J connectivity index is 1.45. The predicted octanol–water partition coefficient (Wildman–Crippen LogP) is 1.58. The molecular weight excluding hydrogens is 342 g/mol. The molecule has 6 nitrogen and oxygen atoms in total. The van der Waals surface area contributed by atoms with Gasteiger partial charge in [-0.15, -0.1) is 0 Å². The fraction of sp³-hybridized carbons (Fsp3) is 0.571. The molecule has 1 atom stereocenters. The highest BCUT2D eigenvalue weighted by Gasteiger charge is 2.33. The lowest BCUT2D eigenvalue weighted by molar-refractivity contribution is -0.135. The van der Waals surface area contributed by atoms with Gasteiger partial charge < -0.3 is 9.80 Å². The van der Waals surface area contributed by atoms with Gasteiger partial charge in [-0.05, 0) is 50.9 Å². The molecule has 144 valence electrons. The van der Waals surface area contributed by atoms with E-state index in [1.807, 2.05) is 29.0 Å². The van der Waals surface area contributed by atoms with Crippen LogP contribution in [0.4, 0.5) is 0 Å². The molecule has 1 aromatic carbocycles. The average Bonchev–Trinajstić information content (AvgIpc) is 3.18. The first-order chi connectivity index (χ1) is 13.1. The molecule has 2 heterocycles. The van der Waals surface area contributed by atoms with Gasteiger partial charge >= 0.3 is 0 Å². The number of likely N-dealkylation sites (N-methyl/N-ethyl adjacent to an activating group) is 1. The highest BCUT2D eigenvalue weighted by molar-refractivity contribution is 6.05. The van der Waals surface area contributed by atoms with Crippen LogP contribution in [0.15, 0.2) is 18.2 Å². The van der Waals surface area contributed by atoms with E-state index in [1.54, 1.807) is 6.07 Å². The third-order valence-electron chi connectivity index (χ3n) is 6.21. The standard InChI is InChI=1S/C21H27N3O3/c1-22-10-3-7-18(22)21(27)24-12-4-11-23(13-14-24)20(26)17-6-2-5-16-15(17)8-9-19(16)25/h2,5-6,18H,3-4,7-14H2,1H3/t18-/m0/s1. The van der Waals surface area contributed by atoms with E-state index >= 15 is 0 Å². The fourth-order valence-electron chi connectivity index (χ4n) is 4.64. The zero-order valence-corrected chi connectivity index (χ0v) is 15.9. The highest BCUT2D eigenvalue weighted by Crippen LogP contribution is 2.26. The van der Waals surface area contributed by atoms with E-state index in [1.165, 1.54) is 0 Å². The first kappa shape index (κ1) is 18.2. The fourth-order valence-corrected chi connectivity index (χ4v) is 4.64. The number of carbonyl (C=O) groups is 3. The van der Waals surface area contributed by atoms with Gasteiger partial charge in [-0.2, -0.15) is 0 Å². The van der Waals surface area contributed by atoms with Crippen molar-refractivity contribution < 1.29 is 14.4 Å². The summed E-state index contributed by atoms with van der Waals surface area (Å²) >= 11 is 0. The van der Waals surface area contributed by atoms with E-state index in [0.717, 1.165) is 31.4 Å². The van der Waals surface area contributed by atoms with Crippen LogP contribution in [0.2, 0.25) is 0 Å². The molecule has 2 fully saturated rings. The lowest BCUT2D eigenvalue weighted by Crippen LogP contribution is -2.46. The number of benzene rings is 1. The van der Waals surface area contributed by atoms with Crippen molar-refractivity contribution in [3.8, 4) is 0 Å². The maximum Gasteiger partial charge on any atom is 0.254 e. The van der Waals surface area contributed by atoms with Gasteiger partial charge in [-0.25, -0.2) is 0 Å². The van der Waals surface area contributed by atoms with Crippen LogP contribution in [0.5, 0.6) is 0 Å². The molecular formula is C21H27N3O3. The summed E-state index contributed by atoms with van der Waals surface area (Å²) in [7, 11) is 2.01. The number of Topliss-reactive ketones (excluding diaryl/α,β-unsaturated/α-hetero) is 1. The molecule has 0 N–H and O–H groups in total. The largest absolute Gasteiger partial charge is 0.339 e. The normalized spacial score (nSPS) is 23.4. The number of fused-ring (bicyclic) bond motifs is 1. The van der Waals surface area contributed by atoms with Crippen LogP contribution >= 0.6 is 0 Å². The Morgan fingerprint density at radius 2 is 1.74 bits per heavy atom. The SMILES string of the molecule is CN1CCC[C@H]1C(=O)N1CCCN(C(=O)c2cccc3c2CCC3=O)CC1. The van der Waals surface area contributed by atoms with Crippen molar-refractivity contribution in [1.29, 1.82) is 0 Å². The number of carbonyl (C=O) groups excluding carboxylic acids is 3. The smallest absolute Gasteiger partial charge is 0.254 e. The maximum absolute atomic E-state index is 13.1. The molecule has 0 saturated carbocycles. The van der Waals surface area contributed by atoms with Crippen LogP contribution in [-0.4, -0.2) is 78.1 Å². The van der Waals surface area contributed by atoms with Crippen molar-refractivity contribution in [3.05, 3.63) is 34.9 Å². The van der Waals surface area contributed by atoms with Crippen LogP contribution in [0.25, 0.3) is 0 Å². The van der Waals surface area contributed by atoms with E-state index in [4.69, 9.17) is 0 Å². The Bertz CT molecular complexity index is 776. The van der Waals surface area contributed by atoms with Crippen LogP contribution in [-0.2, 0) is 11.2 Å². The third-order valence-corrected chi connectivity index (χ3v) is 6.21. The first-order valence-corrected chi connectivity index (χ1v) is 9.99. The number of ketones is 1. The molecule has 2 saturated heterocycles. The second-order valence-corrected chi connectivity index (χ2v) is 7.86. The van der Waals surface area contributed by atoms with Gasteiger partial charge in [0, 0.05) is 43.7 Å². The Hall–Kier alpha value is -2.21. The first-order valence-electron chi connectivity index (χ1n) is 9.99. The Morgan fingerprint density at radius 3 is 2.52 bits per heavy atom. The number of nitrogens with zero attached hydrogens (tertiary/aromatic N) is 3. The van der Waals surface area contributed by atoms with Gasteiger partial charge in [0.15, 0.2) is 5.78 Å². The molecule has 0 aromatic heterocycles. The minimum absolute atomic E-state index is 0.00402. The van der Waals surface area contributed by atoms with Crippen molar-refractivity contribution in [2.75, 3.05) is 39.8 Å². The number of rotatable bonds is 2. The van der Waals surface area contributed by atoms with E-state index in [0.29, 0.717) is 50.1 Å². The van der Waals surface area contributed by atoms with Crippen LogP contribution in [0.3, 0.4) is 0 Å². The summed E-state index contributed by atoms with van der Waals surface area (Å²) in [5, 5.41) is 0. The second kappa shape index (κ2) is 7.43. The van der Waals surface area contributed by atoms with Gasteiger partial charge in [0.25, 0.3) is 5.91 Å². The molecule has 6 heteroatoms. The van der Waals surface area contributed by atoms with Gasteiger partial charge in [0.2, 0.25) is 5.91 Å². The van der Waals surface area contributed by atoms with Gasteiger partial charge in [0.05, 0.1) is 6.04 Å². The van der Waals surface area contributed by atoms with Crippen LogP contribution < -0.4 is 0 Å². The average molecular weight is 369 g/mol. The lowest BCUT2D eigenvalue weighted by atomic mass is 10.0. The Morgan fingerprint density at radius 1 is 0.963 bits per heavy atom. The molecule has 3 aliphatic rings. The maximum atomic E-state index is 13.1. The highest BCUT2D eigenvalue weighted by atomic mass is 16.2. The summed E-state index contributed by atoms with van der Waals surface area (Å²) in [5.41, 5.74) is 2.27. The zero-order chi connectivity index (χ0) is 19.0. The molecule has 1 aromatic rings. The van der Waals surface area contributed by atoms with E-state index in [9.17, 15) is 14.4 Å². The van der Waals surface area contributed by atoms with Crippen molar-refractivity contribution in [2.24, 2.45) is 0 Å². The summed E-state index contributed by atoms with van der Waals surface area (Å²) in [5.74, 6) is 0.331. The van der Waals surface area contributed by atoms with Crippen LogP contribution in [0, 0.1) is 0 Å². The number of amides is 2. The number of hydrogen-bond donors (Lipinski definition) is 0. The van der Waals surface area contributed by atoms with Crippen molar-refractivity contribution >= 4 is 17.6 Å². The number of likely N-dealkylation sites (tertiary alicyclic amines) is 1. The minimum Gasteiger partial charge on any atom is -0.339 e. The summed E-state index contributed by atoms with van der Waals surface area (Å²) in [6.45, 7) is 3.48. The van der Waals surface area contributed by atoms with Gasteiger partial charge in [0.1, 0.15) is 0 Å². The molecule has 0 unspecified atom stereocenters. The van der Waals surface area contributed by atoms with E-state index in [2.05, 4.69) is 4.90 Å². The molecule has 0 bridgehead atoms. The zero-order valence-electron chi connectivity index (χ0n) is 15.9. The minimum atomic E-state index is -0.00571. The Labute approximate surface area is 160 Å². The molecule has 2 aliphatic heterocycles. The number of hydrogen-bond acceptors (Lipinski definition) is 4. The summed E-state index contributed by atoms with van der Waals surface area (Å²) in [4.78, 5) is 43.8. The van der Waals surface area contributed by atoms with E-state index < -0.39 is 0 Å². The quantitative estimate of drug-likeness (QED) is 0.794. The second-order valence-electron chi connectivity index (χ2n) is 7.86. The predicted molar refractivity (Wildman–Crippen MR) is 102 cm³/mol. The molecule has 27 heavy (non-hydrogen) atoms. The summed E-state index contributed by atoms with van der Waals surface area (Å²) < 4.78 is 0. The van der Waals surface area contributed by atoms with E-state index in [-0.39, 0.29) is 23.6 Å². The molecule has 1 aliphatic carbocycles. The van der Waals surface area contributed by atoms with Gasteiger partial charge in [-0.1, -0.05) is 12.1 Å². The Kier molecular flexibility index (Phi) is 5.00. The van der Waals surface area contributed by atoms with Crippen LogP contribution in [0.1, 0.15) is 52.0 Å². The molecule has 4 rings (SSSR count). The third kappa shape index (κ3) is 3.38. The lowest BCUT2D eigenvalue weighted by Gasteiger charge is -2.27. The summed E-state index contributed by atoms with van der Waals surface area (Å²) in [6, 6.07) is 5.46. The molecule has 0 spiro atoms. The van der Waals surface area contributed by atoms with Gasteiger partial charge in [-0.3, -0.25) is 19.3 Å². The molecule has 2 amide bonds. The van der Waals surface area contributed by atoms with Crippen molar-refractivity contribution in [2.45, 2.75) is 38.1 Å². The molecule has 0 radical (unpaired) electrons. The monoisotopic (exact) mass is 369 g/mol. The van der Waals surface area contributed by atoms with Crippen molar-refractivity contribution in [1.82, 2.24) is 14.7 Å². The van der Waals surface area contributed by atoms with Crippen molar-refractivity contribution in [3.63, 3.8) is 0 Å². The summed E-state index contributed by atoms with van der Waals surface area (Å²) in [6.07, 6.45) is 3.95.